The van der Waals surface area contributed by atoms with Crippen molar-refractivity contribution in [2.75, 3.05) is 11.5 Å². The maximum absolute atomic E-state index is 12.5. The van der Waals surface area contributed by atoms with Crippen molar-refractivity contribution in [3.8, 4) is 0 Å². The first-order chi connectivity index (χ1) is 20.5. The van der Waals surface area contributed by atoms with Crippen LogP contribution in [-0.2, 0) is 23.5 Å². The summed E-state index contributed by atoms with van der Waals surface area (Å²) in [5.74, 6) is 2.87. The highest BCUT2D eigenvalue weighted by molar-refractivity contribution is 8.18. The van der Waals surface area contributed by atoms with Crippen molar-refractivity contribution >= 4 is 44.1 Å². The van der Waals surface area contributed by atoms with Gasteiger partial charge < -0.3 is 18.7 Å². The van der Waals surface area contributed by atoms with Gasteiger partial charge in [0.15, 0.2) is 8.32 Å². The second kappa shape index (κ2) is 18.3. The molecule has 5 nitrogen and oxygen atoms in total. The summed E-state index contributed by atoms with van der Waals surface area (Å²) in [7, 11) is -1.88. The van der Waals surface area contributed by atoms with E-state index >= 15 is 0 Å². The molecular formula is C36H66O5S2Si. The van der Waals surface area contributed by atoms with Crippen LogP contribution in [-0.4, -0.2) is 60.6 Å². The van der Waals surface area contributed by atoms with Crippen LogP contribution in [0, 0.1) is 17.8 Å². The van der Waals surface area contributed by atoms with Crippen LogP contribution in [0.25, 0.3) is 0 Å². The maximum Gasteiger partial charge on any atom is 0.302 e. The molecule has 0 amide bonds. The Hall–Kier alpha value is -0.283. The van der Waals surface area contributed by atoms with E-state index in [0.717, 1.165) is 82.0 Å². The SMILES string of the molecule is C=C(C[C@@H](CCC)O[Si](C)(C)C(C)(C)C)C[C@@H](C)C1([C@@H](C[C@H]2C[C@H](C)[C@H](CCCC[C@@H](C)C=O)O2)OC(C)=O)SCCCS1. The molecule has 44 heavy (non-hydrogen) atoms. The predicted molar refractivity (Wildman–Crippen MR) is 193 cm³/mol. The summed E-state index contributed by atoms with van der Waals surface area (Å²) in [5, 5.41) is 0.179. The second-order valence-electron chi connectivity index (χ2n) is 15.4. The van der Waals surface area contributed by atoms with Crippen molar-refractivity contribution in [2.24, 2.45) is 17.8 Å². The first kappa shape index (κ1) is 39.9. The first-order valence-electron chi connectivity index (χ1n) is 17.4. The number of hydrogen-bond donors (Lipinski definition) is 0. The third-order valence-corrected chi connectivity index (χ3v) is 18.6. The molecule has 0 aliphatic carbocycles. The van der Waals surface area contributed by atoms with Gasteiger partial charge in [-0.15, -0.1) is 23.5 Å². The van der Waals surface area contributed by atoms with Crippen molar-refractivity contribution in [1.82, 2.24) is 0 Å². The van der Waals surface area contributed by atoms with Gasteiger partial charge in [0.05, 0.1) is 12.2 Å². The summed E-state index contributed by atoms with van der Waals surface area (Å²) < 4.78 is 19.6. The molecule has 7 atom stereocenters. The minimum Gasteiger partial charge on any atom is -0.460 e. The largest absolute Gasteiger partial charge is 0.460 e. The molecule has 0 bridgehead atoms. The summed E-state index contributed by atoms with van der Waals surface area (Å²) in [4.78, 5) is 23.5. The van der Waals surface area contributed by atoms with E-state index in [-0.39, 0.29) is 45.4 Å². The van der Waals surface area contributed by atoms with Crippen LogP contribution < -0.4 is 0 Å². The number of carbonyl (C=O) groups excluding carboxylic acids is 2. The zero-order valence-corrected chi connectivity index (χ0v) is 32.5. The Morgan fingerprint density at radius 3 is 2.36 bits per heavy atom. The molecule has 0 aromatic heterocycles. The van der Waals surface area contributed by atoms with Gasteiger partial charge in [-0.1, -0.05) is 79.9 Å². The summed E-state index contributed by atoms with van der Waals surface area (Å²) in [5.41, 5.74) is 1.25. The standard InChI is InChI=1S/C36H66O5S2Si/c1-12-16-31(41-44(10,11)35(7,8)9)22-27(3)21-29(5)36(42-19-15-20-43-36)34(39-30(6)38)24-32-23-28(4)33(40-32)18-14-13-17-26(2)25-37/h25-26,28-29,31-34H,3,12-24H2,1-2,4-11H3/t26-,28+,29-,31-,32-,33+,34-/m1/s1. The fraction of sp³-hybridized carbons (Fsp3) is 0.889. The number of unbranched alkanes of at least 4 members (excludes halogenated alkanes) is 1. The summed E-state index contributed by atoms with van der Waals surface area (Å²) in [6.07, 6.45) is 12.4. The van der Waals surface area contributed by atoms with Gasteiger partial charge in [-0.2, -0.15) is 0 Å². The Morgan fingerprint density at radius 1 is 1.14 bits per heavy atom. The summed E-state index contributed by atoms with van der Waals surface area (Å²) >= 11 is 3.99. The number of hydrogen-bond acceptors (Lipinski definition) is 7. The lowest BCUT2D eigenvalue weighted by atomic mass is 9.89. The molecule has 0 N–H and O–H groups in total. The van der Waals surface area contributed by atoms with Crippen LogP contribution in [0.2, 0.25) is 18.1 Å². The Morgan fingerprint density at radius 2 is 1.80 bits per heavy atom. The van der Waals surface area contributed by atoms with Gasteiger partial charge in [0, 0.05) is 25.4 Å². The van der Waals surface area contributed by atoms with Crippen LogP contribution >= 0.6 is 23.5 Å². The minimum absolute atomic E-state index is 0.0931. The topological polar surface area (TPSA) is 61.8 Å². The maximum atomic E-state index is 12.5. The lowest BCUT2D eigenvalue weighted by Gasteiger charge is -2.46. The zero-order chi connectivity index (χ0) is 33.1. The van der Waals surface area contributed by atoms with Crippen molar-refractivity contribution < 1.29 is 23.5 Å². The van der Waals surface area contributed by atoms with E-state index in [2.05, 4.69) is 61.2 Å². The summed E-state index contributed by atoms with van der Waals surface area (Å²) in [6, 6.07) is 0. The third-order valence-electron chi connectivity index (χ3n) is 10.1. The molecule has 2 aliphatic rings. The lowest BCUT2D eigenvalue weighted by molar-refractivity contribution is -0.149. The van der Waals surface area contributed by atoms with Crippen LogP contribution in [0.1, 0.15) is 126 Å². The average molecular weight is 671 g/mol. The highest BCUT2D eigenvalue weighted by Gasteiger charge is 2.50. The molecule has 0 radical (unpaired) electrons. The van der Waals surface area contributed by atoms with Gasteiger partial charge in [-0.3, -0.25) is 4.79 Å². The molecule has 2 rings (SSSR count). The molecule has 2 heterocycles. The van der Waals surface area contributed by atoms with Crippen molar-refractivity contribution in [3.63, 3.8) is 0 Å². The third kappa shape index (κ3) is 12.1. The van der Waals surface area contributed by atoms with Crippen LogP contribution in [0.15, 0.2) is 12.2 Å². The number of aldehydes is 1. The van der Waals surface area contributed by atoms with E-state index in [0.29, 0.717) is 11.8 Å². The molecule has 0 saturated carbocycles. The average Bonchev–Trinajstić information content (AvgIpc) is 3.28. The number of carbonyl (C=O) groups is 2. The molecule has 2 aliphatic heterocycles. The Labute approximate surface area is 280 Å². The molecule has 256 valence electrons. The molecule has 2 fully saturated rings. The zero-order valence-electron chi connectivity index (χ0n) is 29.9. The molecule has 2 saturated heterocycles. The molecule has 0 spiro atoms. The monoisotopic (exact) mass is 670 g/mol. The Balaban J connectivity index is 2.14. The van der Waals surface area contributed by atoms with Gasteiger partial charge in [-0.05, 0) is 86.4 Å². The molecular weight excluding hydrogens is 605 g/mol. The van der Waals surface area contributed by atoms with Gasteiger partial charge in [0.1, 0.15) is 16.5 Å². The van der Waals surface area contributed by atoms with E-state index in [1.165, 1.54) is 12.0 Å². The highest BCUT2D eigenvalue weighted by Crippen LogP contribution is 2.54. The molecule has 0 aromatic carbocycles. The van der Waals surface area contributed by atoms with E-state index in [9.17, 15) is 9.59 Å². The van der Waals surface area contributed by atoms with Crippen molar-refractivity contribution in [1.29, 1.82) is 0 Å². The minimum atomic E-state index is -1.88. The fourth-order valence-electron chi connectivity index (χ4n) is 6.57. The van der Waals surface area contributed by atoms with Crippen molar-refractivity contribution in [3.05, 3.63) is 12.2 Å². The van der Waals surface area contributed by atoms with Crippen LogP contribution in [0.3, 0.4) is 0 Å². The number of rotatable bonds is 19. The van der Waals surface area contributed by atoms with Gasteiger partial charge in [0.2, 0.25) is 0 Å². The van der Waals surface area contributed by atoms with E-state index in [1.54, 1.807) is 6.92 Å². The van der Waals surface area contributed by atoms with E-state index in [4.69, 9.17) is 13.9 Å². The lowest BCUT2D eigenvalue weighted by Crippen LogP contribution is -2.48. The quantitative estimate of drug-likeness (QED) is 0.0446. The van der Waals surface area contributed by atoms with Crippen molar-refractivity contribution in [2.45, 2.75) is 173 Å². The van der Waals surface area contributed by atoms with E-state index in [1.807, 2.05) is 30.4 Å². The predicted octanol–water partition coefficient (Wildman–Crippen LogP) is 10.2. The molecule has 0 unspecified atom stereocenters. The highest BCUT2D eigenvalue weighted by atomic mass is 32.2. The number of thioether (sulfide) groups is 2. The number of ether oxygens (including phenoxy) is 2. The fourth-order valence-corrected chi connectivity index (χ4v) is 11.6. The Kier molecular flexibility index (Phi) is 16.6. The van der Waals surface area contributed by atoms with Gasteiger partial charge >= 0.3 is 5.97 Å². The smallest absolute Gasteiger partial charge is 0.302 e. The molecule has 8 heteroatoms. The van der Waals surface area contributed by atoms with Gasteiger partial charge in [-0.25, -0.2) is 0 Å². The number of esters is 1. The van der Waals surface area contributed by atoms with Crippen LogP contribution in [0.4, 0.5) is 0 Å². The normalized spacial score (nSPS) is 25.2. The van der Waals surface area contributed by atoms with Gasteiger partial charge in [0.25, 0.3) is 0 Å². The Bertz CT molecular complexity index is 897. The van der Waals surface area contributed by atoms with Crippen LogP contribution in [0.5, 0.6) is 0 Å². The first-order valence-corrected chi connectivity index (χ1v) is 22.3. The molecule has 0 aromatic rings. The van der Waals surface area contributed by atoms with E-state index < -0.39 is 8.32 Å². The summed E-state index contributed by atoms with van der Waals surface area (Å²) in [6.45, 7) is 26.6. The second-order valence-corrected chi connectivity index (χ2v) is 23.1.